The van der Waals surface area contributed by atoms with Crippen LogP contribution in [0.3, 0.4) is 0 Å². The quantitative estimate of drug-likeness (QED) is 0.850. The van der Waals surface area contributed by atoms with Crippen molar-refractivity contribution in [1.29, 1.82) is 0 Å². The first-order valence-electron chi connectivity index (χ1n) is 7.66. The molecular weight excluding hydrogens is 300 g/mol. The van der Waals surface area contributed by atoms with Gasteiger partial charge in [0, 0.05) is 19.0 Å². The molecule has 1 aromatic heterocycles. The monoisotopic (exact) mass is 318 g/mol. The Morgan fingerprint density at radius 1 is 1.32 bits per heavy atom. The highest BCUT2D eigenvalue weighted by molar-refractivity contribution is 6.32. The number of hydrogen-bond donors (Lipinski definition) is 0. The van der Waals surface area contributed by atoms with Crippen LogP contribution in [0, 0.1) is 0 Å². The molecule has 0 unspecified atom stereocenters. The van der Waals surface area contributed by atoms with E-state index >= 15 is 0 Å². The van der Waals surface area contributed by atoms with Crippen molar-refractivity contribution in [3.8, 4) is 5.69 Å². The van der Waals surface area contributed by atoms with Crippen LogP contribution in [-0.4, -0.2) is 38.7 Å². The average Bonchev–Trinajstić information content (AvgIpc) is 3.28. The number of aromatic nitrogens is 3. The van der Waals surface area contributed by atoms with Crippen LogP contribution >= 0.6 is 11.6 Å². The summed E-state index contributed by atoms with van der Waals surface area (Å²) in [5.74, 6) is 1.34. The minimum Gasteiger partial charge on any atom is -0.336 e. The summed E-state index contributed by atoms with van der Waals surface area (Å²) in [5, 5.41) is 5.06. The fourth-order valence-corrected chi connectivity index (χ4v) is 2.69. The Hall–Kier alpha value is -1.88. The number of para-hydroxylation sites is 1. The lowest BCUT2D eigenvalue weighted by molar-refractivity contribution is 0.0761. The maximum absolute atomic E-state index is 12.5. The lowest BCUT2D eigenvalue weighted by Crippen LogP contribution is -2.31. The molecule has 6 heteroatoms. The van der Waals surface area contributed by atoms with Crippen LogP contribution < -0.4 is 0 Å². The second-order valence-corrected chi connectivity index (χ2v) is 5.82. The first-order chi connectivity index (χ1) is 10.7. The Bertz CT molecular complexity index is 689. The number of hydrogen-bond acceptors (Lipinski definition) is 3. The van der Waals surface area contributed by atoms with Gasteiger partial charge in [0.1, 0.15) is 5.82 Å². The summed E-state index contributed by atoms with van der Waals surface area (Å²) in [7, 11) is 0. The molecule has 1 heterocycles. The molecule has 2 aromatic rings. The SMILES string of the molecule is CCN(CC)C(=O)c1nc(C2CC2)n(-c2ccccc2Cl)n1. The average molecular weight is 319 g/mol. The number of carbonyl (C=O) groups excluding carboxylic acids is 1. The van der Waals surface area contributed by atoms with Gasteiger partial charge in [-0.2, -0.15) is 0 Å². The second-order valence-electron chi connectivity index (χ2n) is 5.41. The lowest BCUT2D eigenvalue weighted by atomic mass is 10.3. The number of carbonyl (C=O) groups is 1. The van der Waals surface area contributed by atoms with Crippen LogP contribution in [0.1, 0.15) is 49.1 Å². The van der Waals surface area contributed by atoms with Crippen LogP contribution in [0.15, 0.2) is 24.3 Å². The van der Waals surface area contributed by atoms with Gasteiger partial charge in [-0.05, 0) is 38.8 Å². The van der Waals surface area contributed by atoms with Gasteiger partial charge in [-0.1, -0.05) is 23.7 Å². The Balaban J connectivity index is 2.04. The summed E-state index contributed by atoms with van der Waals surface area (Å²) in [5.41, 5.74) is 0.775. The van der Waals surface area contributed by atoms with Crippen LogP contribution in [-0.2, 0) is 0 Å². The van der Waals surface area contributed by atoms with Gasteiger partial charge in [-0.25, -0.2) is 9.67 Å². The molecule has 116 valence electrons. The fourth-order valence-electron chi connectivity index (χ4n) is 2.47. The molecule has 5 nitrogen and oxygen atoms in total. The van der Waals surface area contributed by atoms with E-state index in [-0.39, 0.29) is 11.7 Å². The summed E-state index contributed by atoms with van der Waals surface area (Å²) in [6.45, 7) is 5.20. The molecule has 0 atom stereocenters. The number of benzene rings is 1. The molecule has 1 fully saturated rings. The minimum atomic E-state index is -0.127. The van der Waals surface area contributed by atoms with Crippen molar-refractivity contribution in [3.05, 3.63) is 40.9 Å². The van der Waals surface area contributed by atoms with Crippen LogP contribution in [0.2, 0.25) is 5.02 Å². The highest BCUT2D eigenvalue weighted by atomic mass is 35.5. The minimum absolute atomic E-state index is 0.127. The third kappa shape index (κ3) is 2.73. The highest BCUT2D eigenvalue weighted by Gasteiger charge is 2.32. The predicted molar refractivity (Wildman–Crippen MR) is 85.6 cm³/mol. The van der Waals surface area contributed by atoms with Crippen molar-refractivity contribution in [2.45, 2.75) is 32.6 Å². The van der Waals surface area contributed by atoms with Gasteiger partial charge in [0.05, 0.1) is 10.7 Å². The number of amides is 1. The van der Waals surface area contributed by atoms with Gasteiger partial charge < -0.3 is 4.90 Å². The Morgan fingerprint density at radius 3 is 2.59 bits per heavy atom. The predicted octanol–water partition coefficient (Wildman–Crippen LogP) is 3.28. The zero-order valence-electron chi connectivity index (χ0n) is 12.8. The third-order valence-electron chi connectivity index (χ3n) is 3.90. The van der Waals surface area contributed by atoms with E-state index in [1.54, 1.807) is 9.58 Å². The van der Waals surface area contributed by atoms with Gasteiger partial charge in [-0.3, -0.25) is 4.79 Å². The van der Waals surface area contributed by atoms with Crippen molar-refractivity contribution < 1.29 is 4.79 Å². The van der Waals surface area contributed by atoms with E-state index in [1.165, 1.54) is 0 Å². The zero-order chi connectivity index (χ0) is 15.7. The van der Waals surface area contributed by atoms with Gasteiger partial charge >= 0.3 is 0 Å². The summed E-state index contributed by atoms with van der Waals surface area (Å²) in [6.07, 6.45) is 2.17. The Labute approximate surface area is 134 Å². The van der Waals surface area contributed by atoms with E-state index in [0.29, 0.717) is 24.0 Å². The van der Waals surface area contributed by atoms with Crippen LogP contribution in [0.4, 0.5) is 0 Å². The van der Waals surface area contributed by atoms with Gasteiger partial charge in [-0.15, -0.1) is 5.10 Å². The second kappa shape index (κ2) is 6.08. The molecule has 0 spiro atoms. The fraction of sp³-hybridized carbons (Fsp3) is 0.438. The normalized spacial score (nSPS) is 14.1. The van der Waals surface area contributed by atoms with E-state index in [0.717, 1.165) is 24.4 Å². The summed E-state index contributed by atoms with van der Waals surface area (Å²) >= 11 is 6.28. The van der Waals surface area contributed by atoms with E-state index in [9.17, 15) is 4.79 Å². The van der Waals surface area contributed by atoms with Crippen molar-refractivity contribution in [2.75, 3.05) is 13.1 Å². The van der Waals surface area contributed by atoms with Gasteiger partial charge in [0.25, 0.3) is 5.91 Å². The summed E-state index contributed by atoms with van der Waals surface area (Å²) in [4.78, 5) is 18.7. The first kappa shape index (κ1) is 15.0. The van der Waals surface area contributed by atoms with E-state index in [4.69, 9.17) is 11.6 Å². The summed E-state index contributed by atoms with van der Waals surface area (Å²) in [6, 6.07) is 7.50. The first-order valence-corrected chi connectivity index (χ1v) is 8.04. The van der Waals surface area contributed by atoms with E-state index < -0.39 is 0 Å². The Morgan fingerprint density at radius 2 is 2.00 bits per heavy atom. The molecule has 1 aliphatic carbocycles. The molecule has 1 aliphatic rings. The molecule has 1 saturated carbocycles. The highest BCUT2D eigenvalue weighted by Crippen LogP contribution is 2.40. The zero-order valence-corrected chi connectivity index (χ0v) is 13.5. The number of nitrogens with zero attached hydrogens (tertiary/aromatic N) is 4. The molecule has 1 aromatic carbocycles. The standard InChI is InChI=1S/C16H19ClN4O/c1-3-20(4-2)16(22)14-18-15(11-9-10-11)21(19-14)13-8-6-5-7-12(13)17/h5-8,11H,3-4,9-10H2,1-2H3. The third-order valence-corrected chi connectivity index (χ3v) is 4.22. The van der Waals surface area contributed by atoms with Crippen molar-refractivity contribution >= 4 is 17.5 Å². The maximum atomic E-state index is 12.5. The summed E-state index contributed by atoms with van der Waals surface area (Å²) < 4.78 is 1.73. The lowest BCUT2D eigenvalue weighted by Gasteiger charge is -2.15. The van der Waals surface area contributed by atoms with Crippen molar-refractivity contribution in [2.24, 2.45) is 0 Å². The van der Waals surface area contributed by atoms with Gasteiger partial charge in [0.2, 0.25) is 5.82 Å². The molecule has 0 radical (unpaired) electrons. The van der Waals surface area contributed by atoms with Gasteiger partial charge in [0.15, 0.2) is 0 Å². The number of rotatable bonds is 5. The van der Waals surface area contributed by atoms with Crippen LogP contribution in [0.5, 0.6) is 0 Å². The molecule has 3 rings (SSSR count). The topological polar surface area (TPSA) is 51.0 Å². The largest absolute Gasteiger partial charge is 0.336 e. The van der Waals surface area contributed by atoms with E-state index in [1.807, 2.05) is 38.1 Å². The molecular formula is C16H19ClN4O. The molecule has 0 bridgehead atoms. The van der Waals surface area contributed by atoms with Crippen molar-refractivity contribution in [3.63, 3.8) is 0 Å². The maximum Gasteiger partial charge on any atom is 0.293 e. The smallest absolute Gasteiger partial charge is 0.293 e. The van der Waals surface area contributed by atoms with Crippen molar-refractivity contribution in [1.82, 2.24) is 19.7 Å². The molecule has 0 saturated heterocycles. The van der Waals surface area contributed by atoms with Crippen LogP contribution in [0.25, 0.3) is 5.69 Å². The Kier molecular flexibility index (Phi) is 4.16. The molecule has 0 aliphatic heterocycles. The van der Waals surface area contributed by atoms with E-state index in [2.05, 4.69) is 10.1 Å². The number of halogens is 1. The molecule has 1 amide bonds. The molecule has 0 N–H and O–H groups in total. The molecule has 22 heavy (non-hydrogen) atoms.